The number of benzene rings is 2. The Labute approximate surface area is 122 Å². The van der Waals surface area contributed by atoms with Crippen molar-refractivity contribution in [3.8, 4) is 0 Å². The third-order valence-electron chi connectivity index (χ3n) is 3.50. The second kappa shape index (κ2) is 6.31. The van der Waals surface area contributed by atoms with Crippen molar-refractivity contribution < 1.29 is 13.2 Å². The minimum Gasteiger partial charge on any atom is -0.306 e. The first-order valence-corrected chi connectivity index (χ1v) is 6.89. The van der Waals surface area contributed by atoms with Crippen molar-refractivity contribution in [1.29, 1.82) is 0 Å². The molecule has 112 valence electrons. The predicted molar refractivity (Wildman–Crippen MR) is 77.8 cm³/mol. The largest absolute Gasteiger partial charge is 0.306 e. The van der Waals surface area contributed by atoms with Gasteiger partial charge in [0.05, 0.1) is 6.04 Å². The van der Waals surface area contributed by atoms with Crippen LogP contribution in [0.5, 0.6) is 0 Å². The molecule has 2 aromatic carbocycles. The van der Waals surface area contributed by atoms with Crippen LogP contribution in [-0.4, -0.2) is 6.54 Å². The van der Waals surface area contributed by atoms with E-state index < -0.39 is 23.5 Å². The summed E-state index contributed by atoms with van der Waals surface area (Å²) in [7, 11) is 0. The van der Waals surface area contributed by atoms with Crippen LogP contribution in [-0.2, 0) is 0 Å². The summed E-state index contributed by atoms with van der Waals surface area (Å²) in [4.78, 5) is 0. The van der Waals surface area contributed by atoms with E-state index in [4.69, 9.17) is 0 Å². The number of aryl methyl sites for hydroxylation is 2. The van der Waals surface area contributed by atoms with Gasteiger partial charge in [-0.15, -0.1) is 0 Å². The molecule has 21 heavy (non-hydrogen) atoms. The van der Waals surface area contributed by atoms with Crippen molar-refractivity contribution in [3.63, 3.8) is 0 Å². The van der Waals surface area contributed by atoms with E-state index in [1.165, 1.54) is 0 Å². The molecule has 0 amide bonds. The van der Waals surface area contributed by atoms with Crippen molar-refractivity contribution in [2.45, 2.75) is 26.8 Å². The van der Waals surface area contributed by atoms with E-state index in [9.17, 15) is 13.2 Å². The summed E-state index contributed by atoms with van der Waals surface area (Å²) in [6.07, 6.45) is 0. The lowest BCUT2D eigenvalue weighted by molar-refractivity contribution is 0.481. The van der Waals surface area contributed by atoms with Crippen molar-refractivity contribution in [2.75, 3.05) is 6.54 Å². The van der Waals surface area contributed by atoms with E-state index >= 15 is 0 Å². The summed E-state index contributed by atoms with van der Waals surface area (Å²) in [6, 6.07) is 6.85. The van der Waals surface area contributed by atoms with Gasteiger partial charge in [-0.25, -0.2) is 13.2 Å². The molecule has 1 N–H and O–H groups in total. The van der Waals surface area contributed by atoms with E-state index in [0.717, 1.165) is 22.8 Å². The van der Waals surface area contributed by atoms with E-state index in [0.29, 0.717) is 12.6 Å². The molecule has 0 bridgehead atoms. The second-order valence-electron chi connectivity index (χ2n) is 5.14. The van der Waals surface area contributed by atoms with Crippen molar-refractivity contribution in [2.24, 2.45) is 0 Å². The summed E-state index contributed by atoms with van der Waals surface area (Å²) in [5, 5.41) is 3.14. The first-order chi connectivity index (χ1) is 9.93. The van der Waals surface area contributed by atoms with Crippen molar-refractivity contribution in [1.82, 2.24) is 5.32 Å². The molecule has 2 aromatic rings. The van der Waals surface area contributed by atoms with Crippen LogP contribution >= 0.6 is 0 Å². The molecule has 0 aromatic heterocycles. The summed E-state index contributed by atoms with van der Waals surface area (Å²) in [6.45, 7) is 6.32. The highest BCUT2D eigenvalue weighted by atomic mass is 19.2. The highest BCUT2D eigenvalue weighted by Gasteiger charge is 2.21. The highest BCUT2D eigenvalue weighted by molar-refractivity contribution is 5.40. The Morgan fingerprint density at radius 2 is 1.57 bits per heavy atom. The zero-order valence-corrected chi connectivity index (χ0v) is 12.3. The fraction of sp³-hybridized carbons (Fsp3) is 0.294. The van der Waals surface area contributed by atoms with Crippen LogP contribution in [0.1, 0.15) is 35.2 Å². The Balaban J connectivity index is 2.58. The molecule has 0 aliphatic carbocycles. The molecule has 0 radical (unpaired) electrons. The predicted octanol–water partition coefficient (Wildman–Crippen LogP) is 4.42. The Morgan fingerprint density at radius 1 is 0.905 bits per heavy atom. The summed E-state index contributed by atoms with van der Waals surface area (Å²) < 4.78 is 40.7. The first-order valence-electron chi connectivity index (χ1n) is 6.89. The molecule has 0 aliphatic heterocycles. The SMILES string of the molecule is CCNC(c1cc(C)ccc1C)c1cc(F)c(F)cc1F. The van der Waals surface area contributed by atoms with Gasteiger partial charge in [0.25, 0.3) is 0 Å². The van der Waals surface area contributed by atoms with E-state index in [1.54, 1.807) is 0 Å². The van der Waals surface area contributed by atoms with Crippen LogP contribution < -0.4 is 5.32 Å². The van der Waals surface area contributed by atoms with Crippen LogP contribution in [0.15, 0.2) is 30.3 Å². The zero-order chi connectivity index (χ0) is 15.6. The van der Waals surface area contributed by atoms with Gasteiger partial charge >= 0.3 is 0 Å². The zero-order valence-electron chi connectivity index (χ0n) is 12.3. The van der Waals surface area contributed by atoms with E-state index in [2.05, 4.69) is 5.32 Å². The van der Waals surface area contributed by atoms with Gasteiger partial charge in [-0.1, -0.05) is 30.7 Å². The Morgan fingerprint density at radius 3 is 2.24 bits per heavy atom. The number of hydrogen-bond acceptors (Lipinski definition) is 1. The van der Waals surface area contributed by atoms with E-state index in [1.807, 2.05) is 39.0 Å². The molecular formula is C17H18F3N. The maximum absolute atomic E-state index is 14.1. The second-order valence-corrected chi connectivity index (χ2v) is 5.14. The van der Waals surface area contributed by atoms with Crippen molar-refractivity contribution in [3.05, 3.63) is 70.0 Å². The smallest absolute Gasteiger partial charge is 0.161 e. The Bertz CT molecular complexity index is 653. The molecular weight excluding hydrogens is 275 g/mol. The van der Waals surface area contributed by atoms with E-state index in [-0.39, 0.29) is 5.56 Å². The Hall–Kier alpha value is -1.81. The van der Waals surface area contributed by atoms with Crippen LogP contribution in [0.3, 0.4) is 0 Å². The monoisotopic (exact) mass is 293 g/mol. The molecule has 4 heteroatoms. The third kappa shape index (κ3) is 3.27. The average Bonchev–Trinajstić information content (AvgIpc) is 2.43. The van der Waals surface area contributed by atoms with Gasteiger partial charge in [0.1, 0.15) is 5.82 Å². The van der Waals surface area contributed by atoms with Crippen LogP contribution in [0.2, 0.25) is 0 Å². The summed E-state index contributed by atoms with van der Waals surface area (Å²) in [5.74, 6) is -2.96. The van der Waals surface area contributed by atoms with Crippen LogP contribution in [0.25, 0.3) is 0 Å². The minimum absolute atomic E-state index is 0.115. The van der Waals surface area contributed by atoms with Crippen LogP contribution in [0, 0.1) is 31.3 Å². The number of nitrogens with one attached hydrogen (secondary N) is 1. The van der Waals surface area contributed by atoms with Gasteiger partial charge < -0.3 is 5.32 Å². The topological polar surface area (TPSA) is 12.0 Å². The van der Waals surface area contributed by atoms with Gasteiger partial charge in [0.2, 0.25) is 0 Å². The molecule has 0 saturated carbocycles. The standard InChI is InChI=1S/C17H18F3N/c1-4-21-17(12-7-10(2)5-6-11(12)3)13-8-15(19)16(20)9-14(13)18/h5-9,17,21H,4H2,1-3H3. The average molecular weight is 293 g/mol. The summed E-state index contributed by atoms with van der Waals surface area (Å²) in [5.41, 5.74) is 2.98. The molecule has 1 atom stereocenters. The lowest BCUT2D eigenvalue weighted by atomic mass is 9.93. The molecule has 1 nitrogen and oxygen atoms in total. The Kier molecular flexibility index (Phi) is 4.68. The number of rotatable bonds is 4. The molecule has 1 unspecified atom stereocenters. The van der Waals surface area contributed by atoms with Crippen LogP contribution in [0.4, 0.5) is 13.2 Å². The van der Waals surface area contributed by atoms with Gasteiger partial charge in [-0.05, 0) is 37.6 Å². The quantitative estimate of drug-likeness (QED) is 0.823. The highest BCUT2D eigenvalue weighted by Crippen LogP contribution is 2.29. The maximum atomic E-state index is 14.1. The molecule has 0 saturated heterocycles. The first kappa shape index (κ1) is 15.6. The minimum atomic E-state index is -1.17. The maximum Gasteiger partial charge on any atom is 0.161 e. The number of halogens is 3. The number of hydrogen-bond donors (Lipinski definition) is 1. The molecule has 0 fully saturated rings. The summed E-state index contributed by atoms with van der Waals surface area (Å²) >= 11 is 0. The fourth-order valence-corrected chi connectivity index (χ4v) is 2.42. The lowest BCUT2D eigenvalue weighted by Crippen LogP contribution is -2.24. The van der Waals surface area contributed by atoms with Crippen molar-refractivity contribution >= 4 is 0 Å². The lowest BCUT2D eigenvalue weighted by Gasteiger charge is -2.22. The van der Waals surface area contributed by atoms with Gasteiger partial charge in [0, 0.05) is 11.6 Å². The molecule has 0 aliphatic rings. The molecule has 0 heterocycles. The fourth-order valence-electron chi connectivity index (χ4n) is 2.42. The molecule has 0 spiro atoms. The molecule has 2 rings (SSSR count). The van der Waals surface area contributed by atoms with Gasteiger partial charge in [-0.2, -0.15) is 0 Å². The third-order valence-corrected chi connectivity index (χ3v) is 3.50. The van der Waals surface area contributed by atoms with Gasteiger partial charge in [-0.3, -0.25) is 0 Å². The van der Waals surface area contributed by atoms with Gasteiger partial charge in [0.15, 0.2) is 11.6 Å². The normalized spacial score (nSPS) is 12.5.